The number of nitrogens with zero attached hydrogens (tertiary/aromatic N) is 1. The quantitative estimate of drug-likeness (QED) is 0.818. The lowest BCUT2D eigenvalue weighted by molar-refractivity contribution is -0.136. The van der Waals surface area contributed by atoms with Crippen LogP contribution in [0.1, 0.15) is 31.9 Å². The maximum Gasteiger partial charge on any atom is 0.309 e. The van der Waals surface area contributed by atoms with Crippen molar-refractivity contribution < 1.29 is 14.7 Å². The molecule has 0 radical (unpaired) electrons. The van der Waals surface area contributed by atoms with Gasteiger partial charge in [0.2, 0.25) is 5.91 Å². The Bertz CT molecular complexity index is 650. The van der Waals surface area contributed by atoms with Gasteiger partial charge in [0.05, 0.1) is 12.1 Å². The first-order valence-electron chi connectivity index (χ1n) is 7.15. The standard InChI is InChI=1S/C16H18N2O3S/c1-2-3-4-14(19)17-12-7-5-11(6-8-12)16-18-13(10-22-16)9-15(20)21/h5-8,10H,2-4,9H2,1H3,(H,17,19)(H,20,21). The number of unbranched alkanes of at least 4 members (excludes halogenated alkanes) is 1. The molecule has 1 amide bonds. The lowest BCUT2D eigenvalue weighted by Crippen LogP contribution is -2.10. The molecule has 2 rings (SSSR count). The molecule has 2 aromatic rings. The third-order valence-electron chi connectivity index (χ3n) is 3.06. The molecule has 0 aliphatic carbocycles. The Morgan fingerprint density at radius 2 is 2.00 bits per heavy atom. The minimum atomic E-state index is -0.887. The number of thiazole rings is 1. The van der Waals surface area contributed by atoms with Gasteiger partial charge in [-0.1, -0.05) is 13.3 Å². The van der Waals surface area contributed by atoms with E-state index in [-0.39, 0.29) is 12.3 Å². The molecule has 0 aliphatic heterocycles. The zero-order valence-corrected chi connectivity index (χ0v) is 13.2. The number of benzene rings is 1. The normalized spacial score (nSPS) is 10.4. The van der Waals surface area contributed by atoms with Crippen LogP contribution in [0.5, 0.6) is 0 Å². The summed E-state index contributed by atoms with van der Waals surface area (Å²) in [5, 5.41) is 14.1. The number of hydrogen-bond acceptors (Lipinski definition) is 4. The van der Waals surface area contributed by atoms with E-state index in [2.05, 4.69) is 17.2 Å². The third kappa shape index (κ3) is 4.66. The van der Waals surface area contributed by atoms with Gasteiger partial charge in [0.15, 0.2) is 0 Å². The number of aromatic nitrogens is 1. The molecule has 0 fully saturated rings. The fourth-order valence-electron chi connectivity index (χ4n) is 1.93. The summed E-state index contributed by atoms with van der Waals surface area (Å²) >= 11 is 1.41. The molecule has 0 spiro atoms. The molecule has 116 valence electrons. The first kappa shape index (κ1) is 16.2. The molecule has 0 unspecified atom stereocenters. The molecule has 1 aromatic carbocycles. The van der Waals surface area contributed by atoms with E-state index in [0.29, 0.717) is 12.1 Å². The first-order valence-corrected chi connectivity index (χ1v) is 8.03. The van der Waals surface area contributed by atoms with Gasteiger partial charge in [-0.05, 0) is 30.7 Å². The van der Waals surface area contributed by atoms with Crippen molar-refractivity contribution in [2.75, 3.05) is 5.32 Å². The number of carboxylic acids is 1. The molecule has 0 saturated heterocycles. The van der Waals surface area contributed by atoms with Crippen LogP contribution in [0.25, 0.3) is 10.6 Å². The number of anilines is 1. The molecular formula is C16H18N2O3S. The summed E-state index contributed by atoms with van der Waals surface area (Å²) in [5.41, 5.74) is 2.23. The number of carbonyl (C=O) groups is 2. The average Bonchev–Trinajstić information content (AvgIpc) is 2.93. The van der Waals surface area contributed by atoms with Crippen LogP contribution in [0.15, 0.2) is 29.6 Å². The Morgan fingerprint density at radius 3 is 2.64 bits per heavy atom. The molecule has 22 heavy (non-hydrogen) atoms. The van der Waals surface area contributed by atoms with Gasteiger partial charge in [0.25, 0.3) is 0 Å². The molecule has 2 N–H and O–H groups in total. The summed E-state index contributed by atoms with van der Waals surface area (Å²) in [7, 11) is 0. The van der Waals surface area contributed by atoms with Crippen LogP contribution in [0, 0.1) is 0 Å². The number of carbonyl (C=O) groups excluding carboxylic acids is 1. The van der Waals surface area contributed by atoms with E-state index in [1.165, 1.54) is 11.3 Å². The van der Waals surface area contributed by atoms with E-state index >= 15 is 0 Å². The van der Waals surface area contributed by atoms with Crippen LogP contribution < -0.4 is 5.32 Å². The minimum absolute atomic E-state index is 0.0209. The van der Waals surface area contributed by atoms with E-state index in [1.54, 1.807) is 5.38 Å². The van der Waals surface area contributed by atoms with Crippen molar-refractivity contribution >= 4 is 28.9 Å². The monoisotopic (exact) mass is 318 g/mol. The zero-order chi connectivity index (χ0) is 15.9. The highest BCUT2D eigenvalue weighted by Gasteiger charge is 2.08. The molecule has 0 bridgehead atoms. The molecule has 0 aliphatic rings. The summed E-state index contributed by atoms with van der Waals surface area (Å²) < 4.78 is 0. The third-order valence-corrected chi connectivity index (χ3v) is 4.00. The highest BCUT2D eigenvalue weighted by atomic mass is 32.1. The van der Waals surface area contributed by atoms with E-state index < -0.39 is 5.97 Å². The number of nitrogens with one attached hydrogen (secondary N) is 1. The molecule has 1 aromatic heterocycles. The van der Waals surface area contributed by atoms with E-state index in [4.69, 9.17) is 5.11 Å². The van der Waals surface area contributed by atoms with Gasteiger partial charge in [-0.25, -0.2) is 4.98 Å². The Balaban J connectivity index is 2.00. The van der Waals surface area contributed by atoms with Gasteiger partial charge in [0, 0.05) is 23.1 Å². The van der Waals surface area contributed by atoms with Crippen LogP contribution in [0.3, 0.4) is 0 Å². The van der Waals surface area contributed by atoms with E-state index in [0.717, 1.165) is 29.1 Å². The van der Waals surface area contributed by atoms with Crippen molar-refractivity contribution in [2.45, 2.75) is 32.6 Å². The SMILES string of the molecule is CCCCC(=O)Nc1ccc(-c2nc(CC(=O)O)cs2)cc1. The molecule has 6 heteroatoms. The maximum absolute atomic E-state index is 11.7. The molecular weight excluding hydrogens is 300 g/mol. The smallest absolute Gasteiger partial charge is 0.309 e. The number of hydrogen-bond donors (Lipinski definition) is 2. The summed E-state index contributed by atoms with van der Waals surface area (Å²) in [4.78, 5) is 26.6. The van der Waals surface area contributed by atoms with Crippen LogP contribution in [-0.2, 0) is 16.0 Å². The highest BCUT2D eigenvalue weighted by molar-refractivity contribution is 7.13. The highest BCUT2D eigenvalue weighted by Crippen LogP contribution is 2.25. The lowest BCUT2D eigenvalue weighted by Gasteiger charge is -2.05. The Morgan fingerprint density at radius 1 is 1.27 bits per heavy atom. The van der Waals surface area contributed by atoms with Crippen LogP contribution in [0.2, 0.25) is 0 Å². The van der Waals surface area contributed by atoms with Gasteiger partial charge in [-0.2, -0.15) is 0 Å². The number of amides is 1. The Hall–Kier alpha value is -2.21. The van der Waals surface area contributed by atoms with Crippen molar-refractivity contribution in [3.63, 3.8) is 0 Å². The number of aliphatic carboxylic acids is 1. The van der Waals surface area contributed by atoms with Gasteiger partial charge >= 0.3 is 5.97 Å². The van der Waals surface area contributed by atoms with Crippen molar-refractivity contribution in [3.05, 3.63) is 35.3 Å². The second-order valence-electron chi connectivity index (χ2n) is 4.94. The van der Waals surface area contributed by atoms with Crippen LogP contribution in [-0.4, -0.2) is 22.0 Å². The molecule has 0 atom stereocenters. The van der Waals surface area contributed by atoms with Gasteiger partial charge in [-0.15, -0.1) is 11.3 Å². The number of carboxylic acid groups (broad SMARTS) is 1. The fourth-order valence-corrected chi connectivity index (χ4v) is 2.76. The topological polar surface area (TPSA) is 79.3 Å². The van der Waals surface area contributed by atoms with Crippen LogP contribution in [0.4, 0.5) is 5.69 Å². The second kappa shape index (κ2) is 7.70. The van der Waals surface area contributed by atoms with Gasteiger partial charge < -0.3 is 10.4 Å². The van der Waals surface area contributed by atoms with Crippen molar-refractivity contribution in [1.82, 2.24) is 4.98 Å². The predicted molar refractivity (Wildman–Crippen MR) is 87.0 cm³/mol. The predicted octanol–water partition coefficient (Wildman–Crippen LogP) is 3.57. The second-order valence-corrected chi connectivity index (χ2v) is 5.80. The maximum atomic E-state index is 11.7. The van der Waals surface area contributed by atoms with Crippen molar-refractivity contribution in [1.29, 1.82) is 0 Å². The van der Waals surface area contributed by atoms with Gasteiger partial charge in [0.1, 0.15) is 5.01 Å². The zero-order valence-electron chi connectivity index (χ0n) is 12.3. The van der Waals surface area contributed by atoms with E-state index in [9.17, 15) is 9.59 Å². The van der Waals surface area contributed by atoms with E-state index in [1.807, 2.05) is 24.3 Å². The summed E-state index contributed by atoms with van der Waals surface area (Å²) in [6, 6.07) is 7.41. The Labute approximate surface area is 133 Å². The summed E-state index contributed by atoms with van der Waals surface area (Å²) in [5.74, 6) is -0.866. The van der Waals surface area contributed by atoms with Gasteiger partial charge in [-0.3, -0.25) is 9.59 Å². The first-order chi connectivity index (χ1) is 10.6. The summed E-state index contributed by atoms with van der Waals surface area (Å²) in [6.07, 6.45) is 2.34. The summed E-state index contributed by atoms with van der Waals surface area (Å²) in [6.45, 7) is 2.05. The largest absolute Gasteiger partial charge is 0.481 e. The minimum Gasteiger partial charge on any atom is -0.481 e. The number of rotatable bonds is 7. The Kier molecular flexibility index (Phi) is 5.66. The van der Waals surface area contributed by atoms with Crippen LogP contribution >= 0.6 is 11.3 Å². The van der Waals surface area contributed by atoms with Crippen molar-refractivity contribution in [2.24, 2.45) is 0 Å². The lowest BCUT2D eigenvalue weighted by atomic mass is 10.2. The average molecular weight is 318 g/mol. The van der Waals surface area contributed by atoms with Crippen molar-refractivity contribution in [3.8, 4) is 10.6 Å². The molecule has 0 saturated carbocycles. The molecule has 5 nitrogen and oxygen atoms in total. The fraction of sp³-hybridized carbons (Fsp3) is 0.312. The molecule has 1 heterocycles.